The second-order valence-electron chi connectivity index (χ2n) is 8.65. The minimum Gasteiger partial charge on any atom is -0.349 e. The number of sulfonamides is 1. The Morgan fingerprint density at radius 1 is 1.00 bits per heavy atom. The number of carbonyl (C=O) groups excluding carboxylic acids is 1. The monoisotopic (exact) mass is 492 g/mol. The lowest BCUT2D eigenvalue weighted by Gasteiger charge is -2.31. The van der Waals surface area contributed by atoms with Crippen molar-refractivity contribution in [2.45, 2.75) is 43.5 Å². The van der Waals surface area contributed by atoms with Crippen LogP contribution < -0.4 is 5.32 Å². The molecule has 0 saturated carbocycles. The highest BCUT2D eigenvalue weighted by atomic mass is 32.2. The highest BCUT2D eigenvalue weighted by molar-refractivity contribution is 7.90. The molecule has 0 bridgehead atoms. The van der Waals surface area contributed by atoms with Gasteiger partial charge >= 0.3 is 0 Å². The molecule has 0 spiro atoms. The van der Waals surface area contributed by atoms with E-state index in [0.29, 0.717) is 32.4 Å². The van der Waals surface area contributed by atoms with Crippen LogP contribution in [0.3, 0.4) is 0 Å². The minimum absolute atomic E-state index is 0.101. The third-order valence-corrected chi connectivity index (χ3v) is 9.18. The zero-order valence-electron chi connectivity index (χ0n) is 19.1. The zero-order valence-corrected chi connectivity index (χ0v) is 20.7. The maximum absolute atomic E-state index is 12.7. The molecule has 0 unspecified atom stereocenters. The van der Waals surface area contributed by atoms with Crippen LogP contribution in [0.25, 0.3) is 0 Å². The van der Waals surface area contributed by atoms with Gasteiger partial charge in [-0.3, -0.25) is 4.79 Å². The van der Waals surface area contributed by atoms with Crippen LogP contribution in [0, 0.1) is 5.92 Å². The number of piperidine rings is 1. The largest absolute Gasteiger partial charge is 0.349 e. The van der Waals surface area contributed by atoms with Crippen LogP contribution in [0.4, 0.5) is 0 Å². The van der Waals surface area contributed by atoms with Crippen LogP contribution in [-0.2, 0) is 31.1 Å². The molecule has 180 valence electrons. The van der Waals surface area contributed by atoms with Gasteiger partial charge in [-0.2, -0.15) is 0 Å². The highest BCUT2D eigenvalue weighted by Gasteiger charge is 2.31. The van der Waals surface area contributed by atoms with E-state index in [2.05, 4.69) is 5.32 Å². The number of hydrogen-bond donors (Lipinski definition) is 1. The Morgan fingerprint density at radius 3 is 2.18 bits per heavy atom. The van der Waals surface area contributed by atoms with Gasteiger partial charge in [-0.05, 0) is 55.9 Å². The van der Waals surface area contributed by atoms with Crippen LogP contribution in [0.2, 0.25) is 0 Å². The number of aryl methyl sites for hydroxylation is 1. The van der Waals surface area contributed by atoms with E-state index in [-0.39, 0.29) is 28.5 Å². The van der Waals surface area contributed by atoms with E-state index in [0.717, 1.165) is 23.8 Å². The van der Waals surface area contributed by atoms with Crippen molar-refractivity contribution >= 4 is 25.8 Å². The predicted molar refractivity (Wildman–Crippen MR) is 129 cm³/mol. The van der Waals surface area contributed by atoms with E-state index >= 15 is 0 Å². The van der Waals surface area contributed by atoms with Gasteiger partial charge in [0.25, 0.3) is 0 Å². The third-order valence-electron chi connectivity index (χ3n) is 6.10. The molecule has 1 amide bonds. The van der Waals surface area contributed by atoms with Gasteiger partial charge < -0.3 is 5.32 Å². The normalized spacial score (nSPS) is 16.9. The van der Waals surface area contributed by atoms with Gasteiger partial charge in [0.2, 0.25) is 15.9 Å². The number of nitrogens with zero attached hydrogens (tertiary/aromatic N) is 1. The molecule has 1 aliphatic heterocycles. The van der Waals surface area contributed by atoms with E-state index < -0.39 is 19.9 Å². The number of amides is 1. The van der Waals surface area contributed by atoms with Crippen molar-refractivity contribution in [1.82, 2.24) is 9.62 Å². The van der Waals surface area contributed by atoms with E-state index in [4.69, 9.17) is 0 Å². The van der Waals surface area contributed by atoms with Gasteiger partial charge in [0.1, 0.15) is 0 Å². The molecule has 1 heterocycles. The molecule has 3 rings (SSSR count). The summed E-state index contributed by atoms with van der Waals surface area (Å²) in [6, 6.07) is 16.0. The smallest absolute Gasteiger partial charge is 0.223 e. The lowest BCUT2D eigenvalue weighted by atomic mass is 9.96. The summed E-state index contributed by atoms with van der Waals surface area (Å²) in [5.74, 6) is -0.228. The van der Waals surface area contributed by atoms with Crippen molar-refractivity contribution in [3.8, 4) is 0 Å². The van der Waals surface area contributed by atoms with Gasteiger partial charge in [-0.1, -0.05) is 42.5 Å². The Balaban J connectivity index is 1.47. The Kier molecular flexibility index (Phi) is 8.31. The first-order chi connectivity index (χ1) is 15.6. The molecule has 9 heteroatoms. The fourth-order valence-electron chi connectivity index (χ4n) is 4.05. The third kappa shape index (κ3) is 7.12. The lowest BCUT2D eigenvalue weighted by Crippen LogP contribution is -2.44. The first-order valence-corrected chi connectivity index (χ1v) is 14.7. The maximum Gasteiger partial charge on any atom is 0.223 e. The number of benzene rings is 2. The van der Waals surface area contributed by atoms with Crippen molar-refractivity contribution in [2.75, 3.05) is 25.1 Å². The maximum atomic E-state index is 12.7. The molecule has 0 aliphatic carbocycles. The Morgan fingerprint density at radius 2 is 1.61 bits per heavy atom. The van der Waals surface area contributed by atoms with Gasteiger partial charge in [0.15, 0.2) is 9.84 Å². The number of rotatable bonds is 9. The molecular weight excluding hydrogens is 460 g/mol. The van der Waals surface area contributed by atoms with Crippen molar-refractivity contribution < 1.29 is 21.6 Å². The van der Waals surface area contributed by atoms with Gasteiger partial charge in [0, 0.05) is 25.3 Å². The van der Waals surface area contributed by atoms with E-state index in [1.807, 2.05) is 37.3 Å². The van der Waals surface area contributed by atoms with Crippen LogP contribution >= 0.6 is 0 Å². The number of sulfone groups is 1. The summed E-state index contributed by atoms with van der Waals surface area (Å²) in [5.41, 5.74) is 1.94. The predicted octanol–water partition coefficient (Wildman–Crippen LogP) is 2.94. The standard InChI is InChI=1S/C24H32N2O5S2/c1-19(21-10-12-23(13-11-21)32(2,28)29)25-24(27)22-14-16-26(17-15-22)33(30,31)18-6-9-20-7-4-3-5-8-20/h3-5,7-8,10-13,19,22H,6,9,14-18H2,1-2H3,(H,25,27)/t19-/m1/s1. The molecule has 1 N–H and O–H groups in total. The summed E-state index contributed by atoms with van der Waals surface area (Å²) < 4.78 is 50.1. The molecule has 1 fully saturated rings. The second kappa shape index (κ2) is 10.8. The van der Waals surface area contributed by atoms with Gasteiger partial charge in [0.05, 0.1) is 16.7 Å². The summed E-state index contributed by atoms with van der Waals surface area (Å²) in [5, 5.41) is 2.97. The van der Waals surface area contributed by atoms with Crippen molar-refractivity contribution in [3.63, 3.8) is 0 Å². The van der Waals surface area contributed by atoms with Crippen molar-refractivity contribution in [1.29, 1.82) is 0 Å². The molecule has 2 aromatic carbocycles. The van der Waals surface area contributed by atoms with Crippen LogP contribution in [-0.4, -0.2) is 52.1 Å². The van der Waals surface area contributed by atoms with Gasteiger partial charge in [-0.25, -0.2) is 21.1 Å². The highest BCUT2D eigenvalue weighted by Crippen LogP contribution is 2.23. The zero-order chi connectivity index (χ0) is 24.1. The minimum atomic E-state index is -3.33. The summed E-state index contributed by atoms with van der Waals surface area (Å²) in [7, 11) is -6.60. The van der Waals surface area contributed by atoms with E-state index in [1.54, 1.807) is 12.1 Å². The fourth-order valence-corrected chi connectivity index (χ4v) is 6.21. The van der Waals surface area contributed by atoms with Crippen molar-refractivity contribution in [3.05, 3.63) is 65.7 Å². The summed E-state index contributed by atoms with van der Waals surface area (Å²) in [6.07, 6.45) is 3.43. The van der Waals surface area contributed by atoms with E-state index in [1.165, 1.54) is 16.4 Å². The second-order valence-corrected chi connectivity index (χ2v) is 12.8. The topological polar surface area (TPSA) is 101 Å². The fraction of sp³-hybridized carbons (Fsp3) is 0.458. The average molecular weight is 493 g/mol. The van der Waals surface area contributed by atoms with Crippen molar-refractivity contribution in [2.24, 2.45) is 5.92 Å². The lowest BCUT2D eigenvalue weighted by molar-refractivity contribution is -0.126. The molecule has 1 saturated heterocycles. The first kappa shape index (κ1) is 25.4. The molecule has 1 atom stereocenters. The molecule has 2 aromatic rings. The molecular formula is C24H32N2O5S2. The summed E-state index contributed by atoms with van der Waals surface area (Å²) in [4.78, 5) is 13.0. The average Bonchev–Trinajstić information content (AvgIpc) is 2.79. The summed E-state index contributed by atoms with van der Waals surface area (Å²) in [6.45, 7) is 2.55. The Labute approximate surface area is 197 Å². The Bertz CT molecular complexity index is 1140. The molecule has 1 aliphatic rings. The van der Waals surface area contributed by atoms with Gasteiger partial charge in [-0.15, -0.1) is 0 Å². The van der Waals surface area contributed by atoms with E-state index in [9.17, 15) is 21.6 Å². The molecule has 33 heavy (non-hydrogen) atoms. The quantitative estimate of drug-likeness (QED) is 0.580. The summed E-state index contributed by atoms with van der Waals surface area (Å²) >= 11 is 0. The Hall–Kier alpha value is -2.23. The number of hydrogen-bond acceptors (Lipinski definition) is 5. The van der Waals surface area contributed by atoms with Crippen LogP contribution in [0.5, 0.6) is 0 Å². The molecule has 0 radical (unpaired) electrons. The van der Waals surface area contributed by atoms with Crippen LogP contribution in [0.15, 0.2) is 59.5 Å². The first-order valence-electron chi connectivity index (χ1n) is 11.2. The van der Waals surface area contributed by atoms with Crippen LogP contribution in [0.1, 0.15) is 43.4 Å². The number of nitrogens with one attached hydrogen (secondary N) is 1. The molecule has 7 nitrogen and oxygen atoms in total. The number of carbonyl (C=O) groups is 1. The SMILES string of the molecule is C[C@@H](NC(=O)C1CCN(S(=O)(=O)CCCc2ccccc2)CC1)c1ccc(S(C)(=O)=O)cc1. The molecule has 0 aromatic heterocycles.